The fourth-order valence-corrected chi connectivity index (χ4v) is 4.16. The molecule has 1 aromatic carbocycles. The van der Waals surface area contributed by atoms with Crippen molar-refractivity contribution < 1.29 is 14.3 Å². The van der Waals surface area contributed by atoms with Crippen LogP contribution in [0.4, 0.5) is 0 Å². The van der Waals surface area contributed by atoms with Gasteiger partial charge < -0.3 is 19.4 Å². The van der Waals surface area contributed by atoms with Crippen molar-refractivity contribution in [2.75, 3.05) is 13.2 Å². The molecule has 0 saturated carbocycles. The number of aromatic nitrogens is 2. The van der Waals surface area contributed by atoms with E-state index in [-0.39, 0.29) is 24.2 Å². The molecule has 0 aliphatic carbocycles. The Kier molecular flexibility index (Phi) is 4.14. The van der Waals surface area contributed by atoms with Crippen molar-refractivity contribution in [3.63, 3.8) is 0 Å². The molecule has 1 unspecified atom stereocenters. The van der Waals surface area contributed by atoms with Crippen LogP contribution in [0.15, 0.2) is 55.0 Å². The molecular formula is C21H21N3O3. The Balaban J connectivity index is 1.45. The van der Waals surface area contributed by atoms with Gasteiger partial charge in [0, 0.05) is 54.6 Å². The van der Waals surface area contributed by atoms with E-state index < -0.39 is 0 Å². The van der Waals surface area contributed by atoms with Crippen LogP contribution in [0.1, 0.15) is 23.2 Å². The lowest BCUT2D eigenvalue weighted by molar-refractivity contribution is -0.0339. The highest BCUT2D eigenvalue weighted by Crippen LogP contribution is 2.27. The molecule has 2 aliphatic heterocycles. The van der Waals surface area contributed by atoms with Crippen LogP contribution in [0.2, 0.25) is 0 Å². The van der Waals surface area contributed by atoms with Gasteiger partial charge in [0.05, 0.1) is 24.3 Å². The highest BCUT2D eigenvalue weighted by atomic mass is 16.5. The average molecular weight is 363 g/mol. The van der Waals surface area contributed by atoms with E-state index in [1.165, 1.54) is 0 Å². The SMILES string of the molecule is O=C(OC1C[C@H]2COC[C@@H](C1)N2)c1cn(-c2ccncc2)c2ccccc12. The van der Waals surface area contributed by atoms with Crippen molar-refractivity contribution in [3.8, 4) is 5.69 Å². The van der Waals surface area contributed by atoms with Gasteiger partial charge in [0.2, 0.25) is 0 Å². The van der Waals surface area contributed by atoms with Gasteiger partial charge in [0.25, 0.3) is 0 Å². The van der Waals surface area contributed by atoms with E-state index in [4.69, 9.17) is 9.47 Å². The second-order valence-electron chi connectivity index (χ2n) is 7.23. The van der Waals surface area contributed by atoms with Gasteiger partial charge in [-0.1, -0.05) is 18.2 Å². The van der Waals surface area contributed by atoms with Crippen LogP contribution in [0, 0.1) is 0 Å². The number of piperidine rings is 1. The number of morpholine rings is 1. The van der Waals surface area contributed by atoms with Crippen molar-refractivity contribution in [2.45, 2.75) is 31.0 Å². The lowest BCUT2D eigenvalue weighted by Crippen LogP contribution is -2.56. The molecule has 0 spiro atoms. The number of hydrogen-bond acceptors (Lipinski definition) is 5. The Morgan fingerprint density at radius 1 is 1.11 bits per heavy atom. The minimum absolute atomic E-state index is 0.0688. The van der Waals surface area contributed by atoms with Crippen molar-refractivity contribution in [1.29, 1.82) is 0 Å². The molecule has 5 rings (SSSR count). The first kappa shape index (κ1) is 16.5. The summed E-state index contributed by atoms with van der Waals surface area (Å²) in [6, 6.07) is 12.3. The number of hydrogen-bond donors (Lipinski definition) is 1. The minimum atomic E-state index is -0.259. The summed E-state index contributed by atoms with van der Waals surface area (Å²) in [7, 11) is 0. The largest absolute Gasteiger partial charge is 0.459 e. The highest BCUT2D eigenvalue weighted by Gasteiger charge is 2.34. The zero-order chi connectivity index (χ0) is 18.2. The Morgan fingerprint density at radius 2 is 1.85 bits per heavy atom. The van der Waals surface area contributed by atoms with Crippen LogP contribution >= 0.6 is 0 Å². The van der Waals surface area contributed by atoms with Gasteiger partial charge in [0.15, 0.2) is 0 Å². The number of ether oxygens (including phenoxy) is 2. The van der Waals surface area contributed by atoms with E-state index in [0.717, 1.165) is 29.4 Å². The molecule has 0 amide bonds. The summed E-state index contributed by atoms with van der Waals surface area (Å²) in [6.45, 7) is 1.37. The van der Waals surface area contributed by atoms with E-state index >= 15 is 0 Å². The number of carbonyl (C=O) groups excluding carboxylic acids is 1. The number of carbonyl (C=O) groups is 1. The van der Waals surface area contributed by atoms with E-state index in [9.17, 15) is 4.79 Å². The van der Waals surface area contributed by atoms with Crippen molar-refractivity contribution in [1.82, 2.24) is 14.9 Å². The summed E-state index contributed by atoms with van der Waals surface area (Å²) in [5.41, 5.74) is 2.54. The maximum atomic E-state index is 13.0. The first-order valence-corrected chi connectivity index (χ1v) is 9.33. The molecule has 6 nitrogen and oxygen atoms in total. The monoisotopic (exact) mass is 363 g/mol. The number of nitrogens with zero attached hydrogens (tertiary/aromatic N) is 2. The summed E-state index contributed by atoms with van der Waals surface area (Å²) in [5, 5.41) is 4.42. The van der Waals surface area contributed by atoms with Gasteiger partial charge >= 0.3 is 5.97 Å². The van der Waals surface area contributed by atoms with Gasteiger partial charge in [0.1, 0.15) is 6.10 Å². The van der Waals surface area contributed by atoms with Gasteiger partial charge in [-0.05, 0) is 18.2 Å². The molecule has 4 heterocycles. The molecule has 2 aromatic heterocycles. The van der Waals surface area contributed by atoms with Gasteiger partial charge in [-0.15, -0.1) is 0 Å². The molecule has 2 saturated heterocycles. The summed E-state index contributed by atoms with van der Waals surface area (Å²) < 4.78 is 13.5. The Bertz CT molecular complexity index is 957. The predicted octanol–water partition coefficient (Wildman–Crippen LogP) is 2.70. The molecule has 2 aliphatic rings. The molecule has 3 aromatic rings. The first-order valence-electron chi connectivity index (χ1n) is 9.33. The number of nitrogens with one attached hydrogen (secondary N) is 1. The third-order valence-corrected chi connectivity index (χ3v) is 5.35. The number of rotatable bonds is 3. The zero-order valence-electron chi connectivity index (χ0n) is 14.9. The summed E-state index contributed by atoms with van der Waals surface area (Å²) in [5.74, 6) is -0.259. The van der Waals surface area contributed by atoms with Crippen LogP contribution in [-0.4, -0.2) is 46.9 Å². The number of esters is 1. The fraction of sp³-hybridized carbons (Fsp3) is 0.333. The van der Waals surface area contributed by atoms with Crippen LogP contribution < -0.4 is 5.32 Å². The summed E-state index contributed by atoms with van der Waals surface area (Å²) >= 11 is 0. The van der Waals surface area contributed by atoms with Crippen molar-refractivity contribution in [3.05, 3.63) is 60.6 Å². The van der Waals surface area contributed by atoms with E-state index in [2.05, 4.69) is 10.3 Å². The quantitative estimate of drug-likeness (QED) is 0.725. The van der Waals surface area contributed by atoms with Gasteiger partial charge in [-0.25, -0.2) is 4.79 Å². The Hall–Kier alpha value is -2.70. The average Bonchev–Trinajstić information content (AvgIpc) is 3.08. The molecule has 3 atom stereocenters. The predicted molar refractivity (Wildman–Crippen MR) is 101 cm³/mol. The van der Waals surface area contributed by atoms with Crippen molar-refractivity contribution >= 4 is 16.9 Å². The molecule has 2 fully saturated rings. The fourth-order valence-electron chi connectivity index (χ4n) is 4.16. The normalized spacial score (nSPS) is 24.7. The topological polar surface area (TPSA) is 65.4 Å². The van der Waals surface area contributed by atoms with E-state index in [1.807, 2.05) is 47.2 Å². The summed E-state index contributed by atoms with van der Waals surface area (Å²) in [6.07, 6.45) is 6.89. The lowest BCUT2D eigenvalue weighted by atomic mass is 9.94. The second-order valence-corrected chi connectivity index (χ2v) is 7.23. The number of fused-ring (bicyclic) bond motifs is 3. The molecular weight excluding hydrogens is 342 g/mol. The van der Waals surface area contributed by atoms with Gasteiger partial charge in [-0.2, -0.15) is 0 Å². The lowest BCUT2D eigenvalue weighted by Gasteiger charge is -2.39. The van der Waals surface area contributed by atoms with Crippen LogP contribution in [0.25, 0.3) is 16.6 Å². The number of para-hydroxylation sites is 1. The minimum Gasteiger partial charge on any atom is -0.459 e. The molecule has 1 N–H and O–H groups in total. The number of benzene rings is 1. The highest BCUT2D eigenvalue weighted by molar-refractivity contribution is 6.05. The second kappa shape index (κ2) is 6.79. The van der Waals surface area contributed by atoms with E-state index in [0.29, 0.717) is 18.8 Å². The Labute approximate surface area is 157 Å². The zero-order valence-corrected chi connectivity index (χ0v) is 14.9. The Morgan fingerprint density at radius 3 is 2.63 bits per heavy atom. The van der Waals surface area contributed by atoms with Crippen molar-refractivity contribution in [2.24, 2.45) is 0 Å². The molecule has 138 valence electrons. The van der Waals surface area contributed by atoms with Crippen LogP contribution in [-0.2, 0) is 9.47 Å². The maximum Gasteiger partial charge on any atom is 0.340 e. The standard InChI is InChI=1S/C21H21N3O3/c25-21(27-17-9-14-12-26-13-15(10-17)23-14)19-11-24(16-5-7-22-8-6-16)20-4-2-1-3-18(19)20/h1-8,11,14-15,17,23H,9-10,12-13H2/t14-,15+,17?. The van der Waals surface area contributed by atoms with E-state index in [1.54, 1.807) is 12.4 Å². The number of pyridine rings is 1. The van der Waals surface area contributed by atoms with Gasteiger partial charge in [-0.3, -0.25) is 4.98 Å². The van der Waals surface area contributed by atoms with Crippen LogP contribution in [0.3, 0.4) is 0 Å². The molecule has 2 bridgehead atoms. The van der Waals surface area contributed by atoms with Crippen LogP contribution in [0.5, 0.6) is 0 Å². The first-order chi connectivity index (χ1) is 13.3. The summed E-state index contributed by atoms with van der Waals surface area (Å²) in [4.78, 5) is 17.1. The smallest absolute Gasteiger partial charge is 0.340 e. The molecule has 27 heavy (non-hydrogen) atoms. The third kappa shape index (κ3) is 3.11. The third-order valence-electron chi connectivity index (χ3n) is 5.35. The molecule has 0 radical (unpaired) electrons. The maximum absolute atomic E-state index is 13.0. The molecule has 6 heteroatoms.